The van der Waals surface area contributed by atoms with Crippen LogP contribution in [0.25, 0.3) is 0 Å². The van der Waals surface area contributed by atoms with E-state index in [0.717, 1.165) is 0 Å². The van der Waals surface area contributed by atoms with E-state index in [1.165, 1.54) is 0 Å². The van der Waals surface area contributed by atoms with Crippen molar-refractivity contribution >= 4 is 20.7 Å². The Balaban J connectivity index is 3.14. The van der Waals surface area contributed by atoms with Gasteiger partial charge in [-0.05, 0) is 0 Å². The summed E-state index contributed by atoms with van der Waals surface area (Å²) >= 11 is -1.76. The molecule has 0 aromatic rings. The van der Waals surface area contributed by atoms with Gasteiger partial charge in [-0.3, -0.25) is 0 Å². The zero-order valence-electron chi connectivity index (χ0n) is 2.83. The van der Waals surface area contributed by atoms with Gasteiger partial charge in [0.2, 0.25) is 0 Å². The maximum atomic E-state index is 5.37. The van der Waals surface area contributed by atoms with Gasteiger partial charge in [0.25, 0.3) is 0 Å². The minimum absolute atomic E-state index is 1.76. The second-order valence-corrected chi connectivity index (χ2v) is 9.38. The van der Waals surface area contributed by atoms with Crippen LogP contribution < -0.4 is 0 Å². The summed E-state index contributed by atoms with van der Waals surface area (Å²) in [6.07, 6.45) is 0. The van der Waals surface area contributed by atoms with Crippen LogP contribution in [0.1, 0.15) is 6.92 Å². The molecule has 3 heteroatoms. The summed E-state index contributed by atoms with van der Waals surface area (Å²) < 4.78 is 1.89. The standard InChI is InChI=1S/C2H4.2ClH.Zr/c1-2;;;/h1H,2H3;2*1H;/q;;;+2/p-2. The second-order valence-electron chi connectivity index (χ2n) is 0.578. The molecular weight excluding hydrogens is 186 g/mol. The first-order valence-electron chi connectivity index (χ1n) is 1.24. The van der Waals surface area contributed by atoms with Gasteiger partial charge >= 0.3 is 46.5 Å². The van der Waals surface area contributed by atoms with Crippen LogP contribution in [0.2, 0.25) is 0 Å². The van der Waals surface area contributed by atoms with Crippen molar-refractivity contribution in [3.8, 4) is 0 Å². The van der Waals surface area contributed by atoms with Gasteiger partial charge in [-0.25, -0.2) is 0 Å². The molecule has 0 N–H and O–H groups in total. The van der Waals surface area contributed by atoms with Crippen molar-refractivity contribution in [3.05, 3.63) is 0 Å². The van der Waals surface area contributed by atoms with Crippen molar-refractivity contribution in [3.63, 3.8) is 0 Å². The molecule has 0 rings (SSSR count). The summed E-state index contributed by atoms with van der Waals surface area (Å²) in [6.45, 7) is 1.90. The first kappa shape index (κ1) is 6.33. The van der Waals surface area contributed by atoms with Crippen LogP contribution in [0, 0.1) is 0 Å². The van der Waals surface area contributed by atoms with Gasteiger partial charge < -0.3 is 0 Å². The summed E-state index contributed by atoms with van der Waals surface area (Å²) in [4.78, 5) is 0. The molecule has 0 aliphatic heterocycles. The predicted octanol–water partition coefficient (Wildman–Crippen LogP) is 1.73. The van der Waals surface area contributed by atoms with Crippen molar-refractivity contribution in [2.75, 3.05) is 0 Å². The normalized spacial score (nSPS) is 7.00. The summed E-state index contributed by atoms with van der Waals surface area (Å²) in [6, 6.07) is 0. The molecule has 0 saturated carbocycles. The Morgan fingerprint density at radius 1 is 1.60 bits per heavy atom. The molecule has 0 heterocycles. The van der Waals surface area contributed by atoms with E-state index in [9.17, 15) is 0 Å². The van der Waals surface area contributed by atoms with Gasteiger partial charge in [0, 0.05) is 0 Å². The SMILES string of the molecule is C[CH]=[Zr]([Cl])[Cl]. The molecule has 0 fully saturated rings. The first-order valence-corrected chi connectivity index (χ1v) is 8.99. The molecular formula is C2H4Cl2Zr. The summed E-state index contributed by atoms with van der Waals surface area (Å²) in [7, 11) is 10.7. The molecule has 0 bridgehead atoms. The Hall–Kier alpha value is 1.33. The van der Waals surface area contributed by atoms with Crippen LogP contribution >= 0.6 is 17.0 Å². The molecule has 0 aliphatic carbocycles. The molecule has 5 heavy (non-hydrogen) atoms. The van der Waals surface area contributed by atoms with E-state index in [4.69, 9.17) is 17.0 Å². The van der Waals surface area contributed by atoms with Crippen LogP contribution in [-0.2, 0) is 18.9 Å². The quantitative estimate of drug-likeness (QED) is 0.545. The van der Waals surface area contributed by atoms with Gasteiger partial charge in [-0.2, -0.15) is 0 Å². The molecule has 0 aromatic heterocycles. The van der Waals surface area contributed by atoms with Crippen molar-refractivity contribution in [2.24, 2.45) is 0 Å². The monoisotopic (exact) mass is 188 g/mol. The fourth-order valence-electron chi connectivity index (χ4n) is 0. The first-order chi connectivity index (χ1) is 2.27. The van der Waals surface area contributed by atoms with Crippen molar-refractivity contribution < 1.29 is 18.9 Å². The Bertz CT molecular complexity index is 45.6. The molecule has 0 aliphatic rings. The van der Waals surface area contributed by atoms with E-state index in [1.54, 1.807) is 0 Å². The van der Waals surface area contributed by atoms with Crippen molar-refractivity contribution in [2.45, 2.75) is 6.92 Å². The summed E-state index contributed by atoms with van der Waals surface area (Å²) in [5.74, 6) is 0. The van der Waals surface area contributed by atoms with E-state index in [-0.39, 0.29) is 0 Å². The average Bonchev–Trinajstić information content (AvgIpc) is 1.38. The number of halogens is 2. The Kier molecular flexibility index (Phi) is 4.46. The van der Waals surface area contributed by atoms with E-state index < -0.39 is 18.9 Å². The third-order valence-corrected chi connectivity index (χ3v) is 3.87. The van der Waals surface area contributed by atoms with Gasteiger partial charge in [0.15, 0.2) is 0 Å². The van der Waals surface area contributed by atoms with E-state index >= 15 is 0 Å². The minimum atomic E-state index is -1.76. The third-order valence-electron chi connectivity index (χ3n) is 0.218. The van der Waals surface area contributed by atoms with Crippen LogP contribution in [0.15, 0.2) is 0 Å². The number of rotatable bonds is 0. The molecule has 0 nitrogen and oxygen atoms in total. The topological polar surface area (TPSA) is 0 Å². The fraction of sp³-hybridized carbons (Fsp3) is 0.500. The molecule has 0 unspecified atom stereocenters. The maximum absolute atomic E-state index is 5.37. The van der Waals surface area contributed by atoms with Gasteiger partial charge in [0.05, 0.1) is 0 Å². The van der Waals surface area contributed by atoms with Gasteiger partial charge in [-0.15, -0.1) is 0 Å². The van der Waals surface area contributed by atoms with E-state index in [0.29, 0.717) is 0 Å². The van der Waals surface area contributed by atoms with Gasteiger partial charge in [0.1, 0.15) is 0 Å². The van der Waals surface area contributed by atoms with Crippen molar-refractivity contribution in [1.29, 1.82) is 0 Å². The van der Waals surface area contributed by atoms with Crippen molar-refractivity contribution in [1.82, 2.24) is 0 Å². The third kappa shape index (κ3) is 5.33. The number of hydrogen-bond donors (Lipinski definition) is 0. The zero-order chi connectivity index (χ0) is 4.28. The van der Waals surface area contributed by atoms with Crippen LogP contribution in [0.5, 0.6) is 0 Å². The molecule has 0 spiro atoms. The molecule has 0 atom stereocenters. The van der Waals surface area contributed by atoms with Crippen LogP contribution in [-0.4, -0.2) is 3.71 Å². The zero-order valence-corrected chi connectivity index (χ0v) is 6.80. The Labute approximate surface area is 46.3 Å². The molecule has 0 amide bonds. The summed E-state index contributed by atoms with van der Waals surface area (Å²) in [5.41, 5.74) is 0. The predicted molar refractivity (Wildman–Crippen MR) is 23.4 cm³/mol. The van der Waals surface area contributed by atoms with Gasteiger partial charge in [-0.1, -0.05) is 0 Å². The van der Waals surface area contributed by atoms with Crippen LogP contribution in [0.4, 0.5) is 0 Å². The van der Waals surface area contributed by atoms with Crippen LogP contribution in [0.3, 0.4) is 0 Å². The number of hydrogen-bond acceptors (Lipinski definition) is 0. The Morgan fingerprint density at radius 2 is 1.80 bits per heavy atom. The second kappa shape index (κ2) is 3.52. The van der Waals surface area contributed by atoms with E-state index in [1.807, 2.05) is 10.6 Å². The summed E-state index contributed by atoms with van der Waals surface area (Å²) in [5, 5.41) is 0. The molecule has 0 radical (unpaired) electrons. The fourth-order valence-corrected chi connectivity index (χ4v) is 0. The Morgan fingerprint density at radius 3 is 1.80 bits per heavy atom. The molecule has 30 valence electrons. The average molecular weight is 190 g/mol. The molecule has 0 saturated heterocycles. The van der Waals surface area contributed by atoms with E-state index in [2.05, 4.69) is 0 Å². The molecule has 0 aromatic carbocycles.